The lowest BCUT2D eigenvalue weighted by Gasteiger charge is -2.14. The van der Waals surface area contributed by atoms with Gasteiger partial charge in [-0.2, -0.15) is 0 Å². The molecular formula is C29H24N2O2. The van der Waals surface area contributed by atoms with Crippen molar-refractivity contribution in [1.82, 2.24) is 0 Å². The average molecular weight is 433 g/mol. The van der Waals surface area contributed by atoms with Crippen molar-refractivity contribution >= 4 is 39.1 Å². The second kappa shape index (κ2) is 9.05. The predicted octanol–water partition coefficient (Wildman–Crippen LogP) is 7.07. The van der Waals surface area contributed by atoms with E-state index in [0.29, 0.717) is 17.9 Å². The SMILES string of the molecule is COc1ccc(O)c(C=Nc2ccccc2NCc2c3ccccc3cc3ccccc23)c1. The van der Waals surface area contributed by atoms with E-state index in [4.69, 9.17) is 4.74 Å². The van der Waals surface area contributed by atoms with Gasteiger partial charge in [-0.25, -0.2) is 0 Å². The minimum atomic E-state index is 0.159. The van der Waals surface area contributed by atoms with Crippen LogP contribution in [0.5, 0.6) is 11.5 Å². The molecule has 5 aromatic carbocycles. The number of nitrogens with one attached hydrogen (secondary N) is 1. The number of ether oxygens (including phenoxy) is 1. The van der Waals surface area contributed by atoms with Gasteiger partial charge < -0.3 is 15.2 Å². The number of para-hydroxylation sites is 2. The molecule has 5 aromatic rings. The maximum Gasteiger partial charge on any atom is 0.124 e. The number of anilines is 1. The van der Waals surface area contributed by atoms with Crippen molar-refractivity contribution in [3.63, 3.8) is 0 Å². The molecule has 0 aliphatic rings. The van der Waals surface area contributed by atoms with E-state index in [0.717, 1.165) is 11.4 Å². The van der Waals surface area contributed by atoms with Gasteiger partial charge >= 0.3 is 0 Å². The smallest absolute Gasteiger partial charge is 0.124 e. The van der Waals surface area contributed by atoms with Gasteiger partial charge in [-0.3, -0.25) is 4.99 Å². The lowest BCUT2D eigenvalue weighted by atomic mass is 9.96. The standard InChI is InChI=1S/C29H24N2O2/c1-33-23-14-15-29(32)22(17-23)18-30-27-12-6-7-13-28(27)31-19-26-24-10-4-2-8-20(24)16-21-9-3-5-11-25(21)26/h2-18,31-32H,19H2,1H3. The fourth-order valence-corrected chi connectivity index (χ4v) is 4.12. The van der Waals surface area contributed by atoms with Gasteiger partial charge in [0.05, 0.1) is 18.5 Å². The molecule has 0 atom stereocenters. The molecule has 0 amide bonds. The number of phenolic OH excluding ortho intramolecular Hbond substituents is 1. The van der Waals surface area contributed by atoms with Crippen molar-refractivity contribution in [3.05, 3.63) is 108 Å². The van der Waals surface area contributed by atoms with Crippen LogP contribution in [0.15, 0.2) is 102 Å². The molecule has 4 heteroatoms. The van der Waals surface area contributed by atoms with Crippen LogP contribution in [0.4, 0.5) is 11.4 Å². The molecule has 0 radical (unpaired) electrons. The highest BCUT2D eigenvalue weighted by Crippen LogP contribution is 2.31. The van der Waals surface area contributed by atoms with E-state index >= 15 is 0 Å². The van der Waals surface area contributed by atoms with E-state index in [2.05, 4.69) is 64.9 Å². The van der Waals surface area contributed by atoms with E-state index < -0.39 is 0 Å². The van der Waals surface area contributed by atoms with Crippen molar-refractivity contribution in [2.24, 2.45) is 4.99 Å². The van der Waals surface area contributed by atoms with Gasteiger partial charge in [-0.1, -0.05) is 60.7 Å². The Morgan fingerprint density at radius 1 is 0.818 bits per heavy atom. The maximum absolute atomic E-state index is 10.2. The second-order valence-electron chi connectivity index (χ2n) is 7.85. The summed E-state index contributed by atoms with van der Waals surface area (Å²) in [6.07, 6.45) is 1.66. The maximum atomic E-state index is 10.2. The molecule has 0 heterocycles. The Morgan fingerprint density at radius 2 is 1.48 bits per heavy atom. The normalized spacial score (nSPS) is 11.3. The summed E-state index contributed by atoms with van der Waals surface area (Å²) in [6, 6.07) is 32.2. The van der Waals surface area contributed by atoms with Crippen LogP contribution in [0.25, 0.3) is 21.5 Å². The van der Waals surface area contributed by atoms with Crippen molar-refractivity contribution in [2.75, 3.05) is 12.4 Å². The quantitative estimate of drug-likeness (QED) is 0.223. The van der Waals surface area contributed by atoms with Crippen LogP contribution in [0.3, 0.4) is 0 Å². The van der Waals surface area contributed by atoms with E-state index in [9.17, 15) is 5.11 Å². The second-order valence-corrected chi connectivity index (χ2v) is 7.85. The number of nitrogens with zero attached hydrogens (tertiary/aromatic N) is 1. The van der Waals surface area contributed by atoms with Gasteiger partial charge in [-0.15, -0.1) is 0 Å². The Morgan fingerprint density at radius 3 is 2.21 bits per heavy atom. The van der Waals surface area contributed by atoms with Gasteiger partial charge in [0.2, 0.25) is 0 Å². The summed E-state index contributed by atoms with van der Waals surface area (Å²) >= 11 is 0. The van der Waals surface area contributed by atoms with Gasteiger partial charge in [0.15, 0.2) is 0 Å². The minimum absolute atomic E-state index is 0.159. The molecule has 0 bridgehead atoms. The summed E-state index contributed by atoms with van der Waals surface area (Å²) in [6.45, 7) is 0.665. The van der Waals surface area contributed by atoms with Gasteiger partial charge in [0.25, 0.3) is 0 Å². The number of aliphatic imine (C=N–C) groups is 1. The van der Waals surface area contributed by atoms with Crippen molar-refractivity contribution in [2.45, 2.75) is 6.54 Å². The molecule has 0 fully saturated rings. The Kier molecular flexibility index (Phi) is 5.64. The number of methoxy groups -OCH3 is 1. The monoisotopic (exact) mass is 432 g/mol. The van der Waals surface area contributed by atoms with Gasteiger partial charge in [-0.05, 0) is 63.5 Å². The minimum Gasteiger partial charge on any atom is -0.507 e. The number of aromatic hydroxyl groups is 1. The molecule has 0 saturated carbocycles. The van der Waals surface area contributed by atoms with Crippen LogP contribution < -0.4 is 10.1 Å². The Balaban J connectivity index is 1.48. The molecule has 2 N–H and O–H groups in total. The summed E-state index contributed by atoms with van der Waals surface area (Å²) in [5, 5.41) is 18.7. The average Bonchev–Trinajstić information content (AvgIpc) is 2.86. The Hall–Kier alpha value is -4.31. The molecular weight excluding hydrogens is 408 g/mol. The van der Waals surface area contributed by atoms with Crippen molar-refractivity contribution in [3.8, 4) is 11.5 Å². The fraction of sp³-hybridized carbons (Fsp3) is 0.0690. The van der Waals surface area contributed by atoms with E-state index in [-0.39, 0.29) is 5.75 Å². The molecule has 0 saturated heterocycles. The molecule has 33 heavy (non-hydrogen) atoms. The highest BCUT2D eigenvalue weighted by Gasteiger charge is 2.09. The Bertz CT molecular complexity index is 1420. The van der Waals surface area contributed by atoms with Crippen molar-refractivity contribution in [1.29, 1.82) is 0 Å². The third-order valence-electron chi connectivity index (χ3n) is 5.82. The first-order valence-electron chi connectivity index (χ1n) is 10.9. The molecule has 0 unspecified atom stereocenters. The first-order chi connectivity index (χ1) is 16.2. The summed E-state index contributed by atoms with van der Waals surface area (Å²) < 4.78 is 5.26. The lowest BCUT2D eigenvalue weighted by Crippen LogP contribution is -2.01. The van der Waals surface area contributed by atoms with Crippen LogP contribution in [-0.4, -0.2) is 18.4 Å². The number of hydrogen-bond acceptors (Lipinski definition) is 4. The van der Waals surface area contributed by atoms with E-state index in [1.807, 2.05) is 24.3 Å². The first-order valence-corrected chi connectivity index (χ1v) is 10.9. The van der Waals surface area contributed by atoms with Crippen molar-refractivity contribution < 1.29 is 9.84 Å². The number of hydrogen-bond donors (Lipinski definition) is 2. The third kappa shape index (κ3) is 4.23. The van der Waals surface area contributed by atoms with Crippen LogP contribution >= 0.6 is 0 Å². The zero-order chi connectivity index (χ0) is 22.6. The van der Waals surface area contributed by atoms with E-state index in [1.165, 1.54) is 27.1 Å². The molecule has 162 valence electrons. The third-order valence-corrected chi connectivity index (χ3v) is 5.82. The number of rotatable bonds is 6. The number of fused-ring (bicyclic) bond motifs is 2. The molecule has 5 rings (SSSR count). The molecule has 0 spiro atoms. The first kappa shape index (κ1) is 20.6. The molecule has 0 aromatic heterocycles. The van der Waals surface area contributed by atoms with Crippen LogP contribution in [0.2, 0.25) is 0 Å². The fourth-order valence-electron chi connectivity index (χ4n) is 4.12. The summed E-state index contributed by atoms with van der Waals surface area (Å²) in [5.41, 5.74) is 3.58. The molecule has 0 aliphatic carbocycles. The largest absolute Gasteiger partial charge is 0.507 e. The topological polar surface area (TPSA) is 53.9 Å². The van der Waals surface area contributed by atoms with Gasteiger partial charge in [0.1, 0.15) is 11.5 Å². The van der Waals surface area contributed by atoms with Crippen LogP contribution in [0.1, 0.15) is 11.1 Å². The van der Waals surface area contributed by atoms with Gasteiger partial charge in [0, 0.05) is 18.3 Å². The zero-order valence-corrected chi connectivity index (χ0v) is 18.3. The summed E-state index contributed by atoms with van der Waals surface area (Å²) in [7, 11) is 1.60. The molecule has 0 aliphatic heterocycles. The number of phenols is 1. The Labute approximate surface area is 192 Å². The zero-order valence-electron chi connectivity index (χ0n) is 18.3. The highest BCUT2D eigenvalue weighted by atomic mass is 16.5. The highest BCUT2D eigenvalue weighted by molar-refractivity contribution is 6.02. The number of benzene rings is 5. The summed E-state index contributed by atoms with van der Waals surface area (Å²) in [5.74, 6) is 0.829. The lowest BCUT2D eigenvalue weighted by molar-refractivity contribution is 0.412. The predicted molar refractivity (Wildman–Crippen MR) is 137 cm³/mol. The van der Waals surface area contributed by atoms with Crippen LogP contribution in [-0.2, 0) is 6.54 Å². The molecule has 4 nitrogen and oxygen atoms in total. The van der Waals surface area contributed by atoms with Crippen LogP contribution in [0, 0.1) is 0 Å². The summed E-state index contributed by atoms with van der Waals surface area (Å²) in [4.78, 5) is 4.65. The van der Waals surface area contributed by atoms with E-state index in [1.54, 1.807) is 31.5 Å².